The Hall–Kier alpha value is -0.610. The van der Waals surface area contributed by atoms with E-state index in [1.165, 1.54) is 0 Å². The van der Waals surface area contributed by atoms with Crippen molar-refractivity contribution in [3.63, 3.8) is 0 Å². The molecule has 1 aliphatic heterocycles. The maximum absolute atomic E-state index is 11.4. The molecule has 0 aromatic carbocycles. The minimum absolute atomic E-state index is 0.231. The van der Waals surface area contributed by atoms with Crippen LogP contribution in [0.3, 0.4) is 0 Å². The summed E-state index contributed by atoms with van der Waals surface area (Å²) in [4.78, 5) is 15.4. The summed E-state index contributed by atoms with van der Waals surface area (Å²) in [7, 11) is 1.87. The van der Waals surface area contributed by atoms with Gasteiger partial charge in [-0.25, -0.2) is 0 Å². The van der Waals surface area contributed by atoms with Crippen molar-refractivity contribution in [2.45, 2.75) is 12.8 Å². The van der Waals surface area contributed by atoms with Gasteiger partial charge in [0.2, 0.25) is 5.91 Å². The van der Waals surface area contributed by atoms with E-state index in [0.29, 0.717) is 13.1 Å². The third kappa shape index (κ3) is 3.32. The lowest BCUT2D eigenvalue weighted by Crippen LogP contribution is -2.35. The van der Waals surface area contributed by atoms with Crippen molar-refractivity contribution in [3.05, 3.63) is 0 Å². The van der Waals surface area contributed by atoms with Gasteiger partial charge in [-0.1, -0.05) is 0 Å². The lowest BCUT2D eigenvalue weighted by atomic mass is 10.3. The third-order valence-corrected chi connectivity index (χ3v) is 2.43. The number of amides is 1. The molecule has 1 saturated heterocycles. The quantitative estimate of drug-likeness (QED) is 0.645. The van der Waals surface area contributed by atoms with Gasteiger partial charge in [0.25, 0.3) is 0 Å². The fraction of sp³-hybridized carbons (Fsp3) is 0.889. The molecule has 1 heterocycles. The molecule has 76 valence electrons. The van der Waals surface area contributed by atoms with Crippen molar-refractivity contribution >= 4 is 5.91 Å². The molecule has 0 atom stereocenters. The maximum Gasteiger partial charge on any atom is 0.236 e. The Morgan fingerprint density at radius 1 is 1.46 bits per heavy atom. The van der Waals surface area contributed by atoms with Crippen molar-refractivity contribution < 1.29 is 4.79 Å². The van der Waals surface area contributed by atoms with E-state index in [1.807, 2.05) is 11.9 Å². The summed E-state index contributed by atoms with van der Waals surface area (Å²) in [6.45, 7) is 4.14. The number of carbonyl (C=O) groups is 1. The van der Waals surface area contributed by atoms with Gasteiger partial charge >= 0.3 is 0 Å². The monoisotopic (exact) mass is 185 g/mol. The average molecular weight is 185 g/mol. The summed E-state index contributed by atoms with van der Waals surface area (Å²) >= 11 is 0. The van der Waals surface area contributed by atoms with Crippen LogP contribution in [0.1, 0.15) is 12.8 Å². The SMILES string of the molecule is CN1CCCN(CCCN)CC1=O. The van der Waals surface area contributed by atoms with Gasteiger partial charge in [0.05, 0.1) is 6.54 Å². The molecule has 4 nitrogen and oxygen atoms in total. The summed E-state index contributed by atoms with van der Waals surface area (Å²) in [6, 6.07) is 0. The van der Waals surface area contributed by atoms with E-state index in [0.717, 1.165) is 32.5 Å². The predicted molar refractivity (Wildman–Crippen MR) is 52.4 cm³/mol. The van der Waals surface area contributed by atoms with Gasteiger partial charge in [0.15, 0.2) is 0 Å². The highest BCUT2D eigenvalue weighted by Gasteiger charge is 2.17. The Labute approximate surface area is 79.7 Å². The molecule has 1 amide bonds. The molecule has 1 aliphatic rings. The van der Waals surface area contributed by atoms with Crippen molar-refractivity contribution in [2.24, 2.45) is 5.73 Å². The molecule has 0 aromatic heterocycles. The number of hydrogen-bond donors (Lipinski definition) is 1. The number of likely N-dealkylation sites (N-methyl/N-ethyl adjacent to an activating group) is 1. The first-order valence-electron chi connectivity index (χ1n) is 4.90. The molecule has 0 saturated carbocycles. The molecule has 0 aromatic rings. The number of hydrogen-bond acceptors (Lipinski definition) is 3. The third-order valence-electron chi connectivity index (χ3n) is 2.43. The molecular weight excluding hydrogens is 166 g/mol. The van der Waals surface area contributed by atoms with Crippen LogP contribution in [0.4, 0.5) is 0 Å². The topological polar surface area (TPSA) is 49.6 Å². The molecule has 0 bridgehead atoms. The summed E-state index contributed by atoms with van der Waals surface area (Å²) in [5, 5.41) is 0. The fourth-order valence-corrected chi connectivity index (χ4v) is 1.55. The Bertz CT molecular complexity index is 170. The lowest BCUT2D eigenvalue weighted by molar-refractivity contribution is -0.129. The van der Waals surface area contributed by atoms with Crippen LogP contribution in [0.2, 0.25) is 0 Å². The van der Waals surface area contributed by atoms with E-state index >= 15 is 0 Å². The Morgan fingerprint density at radius 2 is 2.23 bits per heavy atom. The molecule has 0 unspecified atom stereocenters. The van der Waals surface area contributed by atoms with Gasteiger partial charge in [-0.3, -0.25) is 9.69 Å². The molecule has 4 heteroatoms. The highest BCUT2D eigenvalue weighted by Crippen LogP contribution is 2.02. The largest absolute Gasteiger partial charge is 0.345 e. The standard InChI is InChI=1S/C9H19N3O/c1-11-5-3-7-12(6-2-4-10)8-9(11)13/h2-8,10H2,1H3. The van der Waals surface area contributed by atoms with Crippen LogP contribution in [-0.2, 0) is 4.79 Å². The zero-order valence-corrected chi connectivity index (χ0v) is 8.33. The van der Waals surface area contributed by atoms with Gasteiger partial charge in [-0.05, 0) is 25.9 Å². The van der Waals surface area contributed by atoms with Crippen molar-refractivity contribution in [1.82, 2.24) is 9.80 Å². The van der Waals surface area contributed by atoms with E-state index in [9.17, 15) is 4.79 Å². The lowest BCUT2D eigenvalue weighted by Gasteiger charge is -2.18. The first-order chi connectivity index (χ1) is 6.24. The second-order valence-electron chi connectivity index (χ2n) is 3.59. The minimum Gasteiger partial charge on any atom is -0.345 e. The van der Waals surface area contributed by atoms with E-state index in [4.69, 9.17) is 5.73 Å². The predicted octanol–water partition coefficient (Wildman–Crippen LogP) is -0.501. The summed E-state index contributed by atoms with van der Waals surface area (Å²) in [6.07, 6.45) is 2.06. The molecule has 0 aliphatic carbocycles. The van der Waals surface area contributed by atoms with Gasteiger partial charge in [0, 0.05) is 20.1 Å². The summed E-state index contributed by atoms with van der Waals surface area (Å²) in [5.74, 6) is 0.231. The van der Waals surface area contributed by atoms with Crippen LogP contribution in [0, 0.1) is 0 Å². The van der Waals surface area contributed by atoms with E-state index in [-0.39, 0.29) is 5.91 Å². The highest BCUT2D eigenvalue weighted by molar-refractivity contribution is 5.78. The van der Waals surface area contributed by atoms with Crippen molar-refractivity contribution in [2.75, 3.05) is 39.8 Å². The van der Waals surface area contributed by atoms with Crippen LogP contribution < -0.4 is 5.73 Å². The van der Waals surface area contributed by atoms with E-state index < -0.39 is 0 Å². The molecule has 0 radical (unpaired) electrons. The molecular formula is C9H19N3O. The zero-order chi connectivity index (χ0) is 9.68. The second-order valence-corrected chi connectivity index (χ2v) is 3.59. The summed E-state index contributed by atoms with van der Waals surface area (Å²) in [5.41, 5.74) is 5.42. The van der Waals surface area contributed by atoms with E-state index in [1.54, 1.807) is 0 Å². The minimum atomic E-state index is 0.231. The first-order valence-corrected chi connectivity index (χ1v) is 4.90. The first kappa shape index (κ1) is 10.5. The van der Waals surface area contributed by atoms with Gasteiger partial charge in [-0.2, -0.15) is 0 Å². The van der Waals surface area contributed by atoms with Gasteiger partial charge < -0.3 is 10.6 Å². The number of rotatable bonds is 3. The average Bonchev–Trinajstić information content (AvgIpc) is 2.26. The van der Waals surface area contributed by atoms with Crippen LogP contribution in [0.5, 0.6) is 0 Å². The smallest absolute Gasteiger partial charge is 0.236 e. The zero-order valence-electron chi connectivity index (χ0n) is 8.33. The highest BCUT2D eigenvalue weighted by atomic mass is 16.2. The molecule has 0 spiro atoms. The molecule has 1 fully saturated rings. The molecule has 1 rings (SSSR count). The van der Waals surface area contributed by atoms with Crippen LogP contribution in [-0.4, -0.2) is 55.5 Å². The van der Waals surface area contributed by atoms with E-state index in [2.05, 4.69) is 4.90 Å². The van der Waals surface area contributed by atoms with Gasteiger partial charge in [-0.15, -0.1) is 0 Å². The van der Waals surface area contributed by atoms with Crippen LogP contribution in [0.25, 0.3) is 0 Å². The second kappa shape index (κ2) is 5.19. The number of nitrogens with zero attached hydrogens (tertiary/aromatic N) is 2. The van der Waals surface area contributed by atoms with Crippen molar-refractivity contribution in [1.29, 1.82) is 0 Å². The fourth-order valence-electron chi connectivity index (χ4n) is 1.55. The Kier molecular flexibility index (Phi) is 4.18. The van der Waals surface area contributed by atoms with Crippen LogP contribution >= 0.6 is 0 Å². The summed E-state index contributed by atoms with van der Waals surface area (Å²) < 4.78 is 0. The Morgan fingerprint density at radius 3 is 2.92 bits per heavy atom. The number of carbonyl (C=O) groups excluding carboxylic acids is 1. The Balaban J connectivity index is 2.35. The van der Waals surface area contributed by atoms with Gasteiger partial charge in [0.1, 0.15) is 0 Å². The maximum atomic E-state index is 11.4. The molecule has 2 N–H and O–H groups in total. The molecule has 13 heavy (non-hydrogen) atoms. The van der Waals surface area contributed by atoms with Crippen LogP contribution in [0.15, 0.2) is 0 Å². The normalized spacial score (nSPS) is 20.5. The van der Waals surface area contributed by atoms with Crippen molar-refractivity contribution in [3.8, 4) is 0 Å². The number of nitrogens with two attached hydrogens (primary N) is 1.